The Kier molecular flexibility index (Phi) is 5.86. The van der Waals surface area contributed by atoms with Gasteiger partial charge in [-0.1, -0.05) is 6.92 Å². The number of likely N-dealkylation sites (N-methyl/N-ethyl adjacent to an activating group) is 1. The van der Waals surface area contributed by atoms with E-state index in [0.29, 0.717) is 24.4 Å². The van der Waals surface area contributed by atoms with Crippen molar-refractivity contribution in [2.24, 2.45) is 5.92 Å². The van der Waals surface area contributed by atoms with Gasteiger partial charge in [0.2, 0.25) is 0 Å². The number of fused-ring (bicyclic) bond motifs is 3. The zero-order valence-electron chi connectivity index (χ0n) is 16.4. The van der Waals surface area contributed by atoms with Crippen LogP contribution in [0.3, 0.4) is 0 Å². The molecule has 0 saturated carbocycles. The second kappa shape index (κ2) is 7.98. The van der Waals surface area contributed by atoms with E-state index >= 15 is 0 Å². The summed E-state index contributed by atoms with van der Waals surface area (Å²) in [7, 11) is 3.88. The van der Waals surface area contributed by atoms with E-state index in [4.69, 9.17) is 4.74 Å². The predicted octanol–water partition coefficient (Wildman–Crippen LogP) is 1.47. The average molecular weight is 394 g/mol. The van der Waals surface area contributed by atoms with Crippen molar-refractivity contribution in [1.82, 2.24) is 14.0 Å². The van der Waals surface area contributed by atoms with Crippen LogP contribution >= 0.6 is 11.3 Å². The van der Waals surface area contributed by atoms with E-state index in [0.717, 1.165) is 34.2 Å². The van der Waals surface area contributed by atoms with Crippen molar-refractivity contribution in [3.63, 3.8) is 0 Å². The first-order chi connectivity index (χ1) is 12.8. The summed E-state index contributed by atoms with van der Waals surface area (Å²) in [4.78, 5) is 42.1. The van der Waals surface area contributed by atoms with Crippen LogP contribution in [0.4, 0.5) is 0 Å². The van der Waals surface area contributed by atoms with Gasteiger partial charge in [-0.3, -0.25) is 14.2 Å². The van der Waals surface area contributed by atoms with Gasteiger partial charge in [0.1, 0.15) is 11.4 Å². The third kappa shape index (κ3) is 3.87. The van der Waals surface area contributed by atoms with Crippen molar-refractivity contribution in [3.05, 3.63) is 31.3 Å². The average Bonchev–Trinajstić information content (AvgIpc) is 2.96. The summed E-state index contributed by atoms with van der Waals surface area (Å²) < 4.78 is 7.66. The topological polar surface area (TPSA) is 73.5 Å². The molecule has 2 heterocycles. The number of carbonyl (C=O) groups is 1. The summed E-state index contributed by atoms with van der Waals surface area (Å²) >= 11 is 1.56. The van der Waals surface area contributed by atoms with Crippen molar-refractivity contribution in [1.29, 1.82) is 0 Å². The van der Waals surface area contributed by atoms with Crippen LogP contribution in [0.25, 0.3) is 10.2 Å². The molecule has 148 valence electrons. The van der Waals surface area contributed by atoms with Crippen LogP contribution in [0.2, 0.25) is 0 Å². The van der Waals surface area contributed by atoms with Crippen molar-refractivity contribution >= 4 is 27.5 Å². The molecule has 1 atom stereocenters. The van der Waals surface area contributed by atoms with Gasteiger partial charge in [-0.25, -0.2) is 9.36 Å². The normalized spacial score (nSPS) is 16.7. The molecule has 8 heteroatoms. The van der Waals surface area contributed by atoms with E-state index in [9.17, 15) is 14.4 Å². The Morgan fingerprint density at radius 3 is 2.70 bits per heavy atom. The number of rotatable bonds is 6. The van der Waals surface area contributed by atoms with E-state index in [2.05, 4.69) is 6.92 Å². The van der Waals surface area contributed by atoms with Crippen LogP contribution < -0.4 is 11.2 Å². The number of thiophene rings is 1. The molecule has 2 aromatic rings. The molecular weight excluding hydrogens is 366 g/mol. The maximum absolute atomic E-state index is 13.1. The third-order valence-corrected chi connectivity index (χ3v) is 6.30. The number of aromatic nitrogens is 2. The number of hydrogen-bond donors (Lipinski definition) is 0. The predicted molar refractivity (Wildman–Crippen MR) is 107 cm³/mol. The SMILES string of the molecule is CCOC(=O)Cn1c(=O)c2c3c(sc2n(CCN(C)C)c1=O)C[C@@H](C)CC3. The molecule has 0 fully saturated rings. The van der Waals surface area contributed by atoms with Gasteiger partial charge in [-0.05, 0) is 51.8 Å². The number of aryl methyl sites for hydroxylation is 1. The third-order valence-electron chi connectivity index (χ3n) is 5.02. The lowest BCUT2D eigenvalue weighted by atomic mass is 9.89. The first kappa shape index (κ1) is 19.8. The first-order valence-electron chi connectivity index (χ1n) is 9.41. The quantitative estimate of drug-likeness (QED) is 0.695. The molecule has 0 spiro atoms. The van der Waals surface area contributed by atoms with Gasteiger partial charge in [0.05, 0.1) is 12.0 Å². The van der Waals surface area contributed by atoms with Crippen LogP contribution in [-0.4, -0.2) is 47.3 Å². The second-order valence-corrected chi connectivity index (χ2v) is 8.55. The minimum Gasteiger partial charge on any atom is -0.465 e. The van der Waals surface area contributed by atoms with Gasteiger partial charge < -0.3 is 9.64 Å². The molecule has 7 nitrogen and oxygen atoms in total. The van der Waals surface area contributed by atoms with Gasteiger partial charge in [0.25, 0.3) is 5.56 Å². The minimum atomic E-state index is -0.562. The highest BCUT2D eigenvalue weighted by Gasteiger charge is 2.26. The van der Waals surface area contributed by atoms with Gasteiger partial charge in [0.15, 0.2) is 0 Å². The van der Waals surface area contributed by atoms with Crippen molar-refractivity contribution in [3.8, 4) is 0 Å². The highest BCUT2D eigenvalue weighted by Crippen LogP contribution is 2.36. The van der Waals surface area contributed by atoms with Crippen LogP contribution in [0, 0.1) is 5.92 Å². The maximum atomic E-state index is 13.1. The molecule has 0 aliphatic heterocycles. The zero-order chi connectivity index (χ0) is 19.7. The van der Waals surface area contributed by atoms with Crippen molar-refractivity contribution in [2.75, 3.05) is 27.2 Å². The van der Waals surface area contributed by atoms with E-state index in [-0.39, 0.29) is 18.7 Å². The molecule has 1 aliphatic rings. The molecule has 2 aromatic heterocycles. The molecule has 0 N–H and O–H groups in total. The summed E-state index contributed by atoms with van der Waals surface area (Å²) in [6.45, 7) is 4.94. The number of ether oxygens (including phenoxy) is 1. The monoisotopic (exact) mass is 393 g/mol. The van der Waals surface area contributed by atoms with Gasteiger partial charge >= 0.3 is 11.7 Å². The highest BCUT2D eigenvalue weighted by atomic mass is 32.1. The first-order valence-corrected chi connectivity index (χ1v) is 10.2. The Morgan fingerprint density at radius 1 is 1.30 bits per heavy atom. The fraction of sp³-hybridized carbons (Fsp3) is 0.632. The van der Waals surface area contributed by atoms with Crippen LogP contribution in [0.5, 0.6) is 0 Å². The Balaban J connectivity index is 2.21. The van der Waals surface area contributed by atoms with Gasteiger partial charge in [0, 0.05) is 18.0 Å². The Bertz CT molecular complexity index is 970. The van der Waals surface area contributed by atoms with Crippen molar-refractivity contribution < 1.29 is 9.53 Å². The Hall–Kier alpha value is -1.93. The summed E-state index contributed by atoms with van der Waals surface area (Å²) in [6, 6.07) is 0. The Morgan fingerprint density at radius 2 is 2.04 bits per heavy atom. The van der Waals surface area contributed by atoms with E-state index in [1.165, 1.54) is 4.88 Å². The molecule has 0 unspecified atom stereocenters. The van der Waals surface area contributed by atoms with E-state index in [1.54, 1.807) is 22.8 Å². The number of nitrogens with zero attached hydrogens (tertiary/aromatic N) is 3. The molecule has 1 aliphatic carbocycles. The fourth-order valence-electron chi connectivity index (χ4n) is 3.57. The van der Waals surface area contributed by atoms with Crippen LogP contribution in [-0.2, 0) is 35.5 Å². The van der Waals surface area contributed by atoms with Crippen molar-refractivity contribution in [2.45, 2.75) is 46.2 Å². The highest BCUT2D eigenvalue weighted by molar-refractivity contribution is 7.18. The minimum absolute atomic E-state index is 0.219. The summed E-state index contributed by atoms with van der Waals surface area (Å²) in [6.07, 6.45) is 2.82. The molecule has 3 rings (SSSR count). The maximum Gasteiger partial charge on any atom is 0.332 e. The summed E-state index contributed by atoms with van der Waals surface area (Å²) in [5.74, 6) is 0.0159. The van der Waals surface area contributed by atoms with E-state index < -0.39 is 11.7 Å². The summed E-state index contributed by atoms with van der Waals surface area (Å²) in [5, 5.41) is 0.615. The van der Waals surface area contributed by atoms with Crippen LogP contribution in [0.1, 0.15) is 30.7 Å². The van der Waals surface area contributed by atoms with Gasteiger partial charge in [-0.2, -0.15) is 0 Å². The van der Waals surface area contributed by atoms with Gasteiger partial charge in [-0.15, -0.1) is 11.3 Å². The lowest BCUT2D eigenvalue weighted by Crippen LogP contribution is -2.42. The molecule has 0 bridgehead atoms. The smallest absolute Gasteiger partial charge is 0.332 e. The second-order valence-electron chi connectivity index (χ2n) is 7.47. The molecular formula is C19H27N3O4S. The number of hydrogen-bond acceptors (Lipinski definition) is 6. The van der Waals surface area contributed by atoms with E-state index in [1.807, 2.05) is 19.0 Å². The zero-order valence-corrected chi connectivity index (χ0v) is 17.2. The molecule has 0 saturated heterocycles. The van der Waals surface area contributed by atoms with Crippen LogP contribution in [0.15, 0.2) is 9.59 Å². The lowest BCUT2D eigenvalue weighted by Gasteiger charge is -2.17. The lowest BCUT2D eigenvalue weighted by molar-refractivity contribution is -0.143. The molecule has 27 heavy (non-hydrogen) atoms. The molecule has 0 aromatic carbocycles. The number of carbonyl (C=O) groups excluding carboxylic acids is 1. The number of esters is 1. The summed E-state index contributed by atoms with van der Waals surface area (Å²) in [5.41, 5.74) is 0.263. The molecule has 0 amide bonds. The fourth-order valence-corrected chi connectivity index (χ4v) is 5.09. The molecule has 0 radical (unpaired) electrons. The standard InChI is InChI=1S/C19H27N3O4S/c1-5-26-15(23)11-22-17(24)16-13-7-6-12(2)10-14(13)27-18(16)21(19(22)25)9-8-20(3)4/h12H,5-11H2,1-4H3/t12-/m0/s1. The largest absolute Gasteiger partial charge is 0.465 e. The Labute approximate surface area is 162 Å².